The summed E-state index contributed by atoms with van der Waals surface area (Å²) < 4.78 is 6.16. The molecule has 4 nitrogen and oxygen atoms in total. The Labute approximate surface area is 137 Å². The summed E-state index contributed by atoms with van der Waals surface area (Å²) in [6, 6.07) is 8.42. The first-order valence-electron chi connectivity index (χ1n) is 8.08. The Morgan fingerprint density at radius 2 is 1.87 bits per heavy atom. The molecule has 0 aliphatic carbocycles. The molecule has 4 heteroatoms. The van der Waals surface area contributed by atoms with Gasteiger partial charge in [-0.25, -0.2) is 0 Å². The Bertz CT molecular complexity index is 780. The van der Waals surface area contributed by atoms with Crippen LogP contribution in [0.4, 0.5) is 0 Å². The Hall–Kier alpha value is -2.20. The topological polar surface area (TPSA) is 51.0 Å². The maximum atomic E-state index is 6.16. The minimum Gasteiger partial charge on any atom is -0.459 e. The largest absolute Gasteiger partial charge is 0.459 e. The number of para-hydroxylation sites is 1. The molecule has 0 saturated carbocycles. The molecule has 0 aliphatic heterocycles. The van der Waals surface area contributed by atoms with Crippen molar-refractivity contribution in [2.45, 2.75) is 39.8 Å². The van der Waals surface area contributed by atoms with Gasteiger partial charge in [0.05, 0.1) is 11.7 Å². The quantitative estimate of drug-likeness (QED) is 0.749. The standard InChI is InChI=1S/C19H23N3O/c1-12(2)18(22-14(4)16-11-20-9-10-21-16)19-13(3)15-7-5-6-8-17(15)23-19/h5-12,14,18,22H,1-4H3. The van der Waals surface area contributed by atoms with E-state index in [0.29, 0.717) is 5.92 Å². The van der Waals surface area contributed by atoms with E-state index in [1.165, 1.54) is 10.9 Å². The molecule has 0 saturated heterocycles. The number of aryl methyl sites for hydroxylation is 1. The van der Waals surface area contributed by atoms with Gasteiger partial charge in [0.2, 0.25) is 0 Å². The van der Waals surface area contributed by atoms with E-state index in [1.54, 1.807) is 18.6 Å². The molecule has 2 heterocycles. The van der Waals surface area contributed by atoms with Crippen molar-refractivity contribution in [1.29, 1.82) is 0 Å². The van der Waals surface area contributed by atoms with Gasteiger partial charge in [-0.05, 0) is 31.4 Å². The van der Waals surface area contributed by atoms with Gasteiger partial charge in [-0.3, -0.25) is 15.3 Å². The van der Waals surface area contributed by atoms with Crippen LogP contribution in [-0.2, 0) is 0 Å². The van der Waals surface area contributed by atoms with E-state index in [0.717, 1.165) is 17.0 Å². The lowest BCUT2D eigenvalue weighted by atomic mass is 9.97. The van der Waals surface area contributed by atoms with E-state index >= 15 is 0 Å². The summed E-state index contributed by atoms with van der Waals surface area (Å²) in [4.78, 5) is 8.55. The zero-order chi connectivity index (χ0) is 16.4. The molecule has 2 aromatic heterocycles. The van der Waals surface area contributed by atoms with Crippen molar-refractivity contribution in [2.75, 3.05) is 0 Å². The molecule has 120 valence electrons. The van der Waals surface area contributed by atoms with Gasteiger partial charge < -0.3 is 4.42 Å². The van der Waals surface area contributed by atoms with Crippen LogP contribution >= 0.6 is 0 Å². The average molecular weight is 309 g/mol. The first kappa shape index (κ1) is 15.7. The molecule has 0 spiro atoms. The summed E-state index contributed by atoms with van der Waals surface area (Å²) >= 11 is 0. The SMILES string of the molecule is Cc1c(C(NC(C)c2cnccn2)C(C)C)oc2ccccc12. The number of hydrogen-bond acceptors (Lipinski definition) is 4. The van der Waals surface area contributed by atoms with Crippen molar-refractivity contribution < 1.29 is 4.42 Å². The summed E-state index contributed by atoms with van der Waals surface area (Å²) in [5, 5.41) is 4.84. The number of benzene rings is 1. The van der Waals surface area contributed by atoms with Crippen LogP contribution in [-0.4, -0.2) is 9.97 Å². The van der Waals surface area contributed by atoms with Gasteiger partial charge in [-0.1, -0.05) is 32.0 Å². The molecule has 0 amide bonds. The molecule has 2 atom stereocenters. The third-order valence-electron chi connectivity index (χ3n) is 4.29. The van der Waals surface area contributed by atoms with E-state index in [-0.39, 0.29) is 12.1 Å². The minimum absolute atomic E-state index is 0.101. The summed E-state index contributed by atoms with van der Waals surface area (Å²) in [7, 11) is 0. The molecular weight excluding hydrogens is 286 g/mol. The Kier molecular flexibility index (Phi) is 4.44. The van der Waals surface area contributed by atoms with Crippen molar-refractivity contribution in [3.63, 3.8) is 0 Å². The van der Waals surface area contributed by atoms with Crippen molar-refractivity contribution in [2.24, 2.45) is 5.92 Å². The lowest BCUT2D eigenvalue weighted by Crippen LogP contribution is -2.29. The summed E-state index contributed by atoms with van der Waals surface area (Å²) in [6.45, 7) is 8.64. The van der Waals surface area contributed by atoms with Crippen molar-refractivity contribution in [3.05, 3.63) is 59.9 Å². The van der Waals surface area contributed by atoms with E-state index in [1.807, 2.05) is 12.1 Å². The van der Waals surface area contributed by atoms with Gasteiger partial charge in [0, 0.05) is 30.0 Å². The van der Waals surface area contributed by atoms with Crippen LogP contribution in [0.1, 0.15) is 49.9 Å². The maximum absolute atomic E-state index is 6.16. The smallest absolute Gasteiger partial charge is 0.134 e. The number of furan rings is 1. The molecule has 2 unspecified atom stereocenters. The van der Waals surface area contributed by atoms with Crippen LogP contribution in [0.25, 0.3) is 11.0 Å². The molecule has 0 aliphatic rings. The third-order valence-corrected chi connectivity index (χ3v) is 4.29. The lowest BCUT2D eigenvalue weighted by molar-refractivity contribution is 0.320. The molecule has 0 bridgehead atoms. The fourth-order valence-corrected chi connectivity index (χ4v) is 2.95. The fourth-order valence-electron chi connectivity index (χ4n) is 2.95. The molecule has 3 rings (SSSR count). The molecule has 0 fully saturated rings. The molecule has 23 heavy (non-hydrogen) atoms. The van der Waals surface area contributed by atoms with Crippen LogP contribution in [0.15, 0.2) is 47.3 Å². The Balaban J connectivity index is 1.93. The second-order valence-corrected chi connectivity index (χ2v) is 6.33. The molecule has 0 radical (unpaired) electrons. The molecule has 1 N–H and O–H groups in total. The number of fused-ring (bicyclic) bond motifs is 1. The van der Waals surface area contributed by atoms with Gasteiger partial charge in [0.1, 0.15) is 11.3 Å². The molecular formula is C19H23N3O. The van der Waals surface area contributed by atoms with E-state index in [4.69, 9.17) is 4.42 Å². The van der Waals surface area contributed by atoms with Crippen LogP contribution < -0.4 is 5.32 Å². The highest BCUT2D eigenvalue weighted by atomic mass is 16.3. The highest BCUT2D eigenvalue weighted by Crippen LogP contribution is 2.34. The molecule has 3 aromatic rings. The first-order valence-corrected chi connectivity index (χ1v) is 8.08. The van der Waals surface area contributed by atoms with E-state index < -0.39 is 0 Å². The second-order valence-electron chi connectivity index (χ2n) is 6.33. The Morgan fingerprint density at radius 1 is 1.09 bits per heavy atom. The fraction of sp³-hybridized carbons (Fsp3) is 0.368. The van der Waals surface area contributed by atoms with Crippen LogP contribution in [0, 0.1) is 12.8 Å². The van der Waals surface area contributed by atoms with Crippen LogP contribution in [0.3, 0.4) is 0 Å². The average Bonchev–Trinajstić information content (AvgIpc) is 2.90. The monoisotopic (exact) mass is 309 g/mol. The van der Waals surface area contributed by atoms with Crippen molar-refractivity contribution >= 4 is 11.0 Å². The highest BCUT2D eigenvalue weighted by molar-refractivity contribution is 5.82. The van der Waals surface area contributed by atoms with Crippen LogP contribution in [0.5, 0.6) is 0 Å². The number of nitrogens with zero attached hydrogens (tertiary/aromatic N) is 2. The minimum atomic E-state index is 0.101. The lowest BCUT2D eigenvalue weighted by Gasteiger charge is -2.25. The zero-order valence-corrected chi connectivity index (χ0v) is 14.1. The molecule has 1 aromatic carbocycles. The van der Waals surface area contributed by atoms with E-state index in [9.17, 15) is 0 Å². The van der Waals surface area contributed by atoms with Crippen LogP contribution in [0.2, 0.25) is 0 Å². The van der Waals surface area contributed by atoms with Gasteiger partial charge in [0.15, 0.2) is 0 Å². The number of aromatic nitrogens is 2. The normalized spacial score (nSPS) is 14.3. The van der Waals surface area contributed by atoms with Gasteiger partial charge in [-0.2, -0.15) is 0 Å². The number of rotatable bonds is 5. The van der Waals surface area contributed by atoms with Crippen molar-refractivity contribution in [3.8, 4) is 0 Å². The summed E-state index contributed by atoms with van der Waals surface area (Å²) in [6.07, 6.45) is 5.23. The first-order chi connectivity index (χ1) is 11.1. The van der Waals surface area contributed by atoms with Gasteiger partial charge in [0.25, 0.3) is 0 Å². The second kappa shape index (κ2) is 6.50. The summed E-state index contributed by atoms with van der Waals surface area (Å²) in [5.41, 5.74) is 3.09. The Morgan fingerprint density at radius 3 is 2.52 bits per heavy atom. The zero-order valence-electron chi connectivity index (χ0n) is 14.1. The predicted molar refractivity (Wildman–Crippen MR) is 92.1 cm³/mol. The van der Waals surface area contributed by atoms with Gasteiger partial charge >= 0.3 is 0 Å². The van der Waals surface area contributed by atoms with E-state index in [2.05, 4.69) is 55.1 Å². The number of hydrogen-bond donors (Lipinski definition) is 1. The van der Waals surface area contributed by atoms with Gasteiger partial charge in [-0.15, -0.1) is 0 Å². The summed E-state index contributed by atoms with van der Waals surface area (Å²) in [5.74, 6) is 1.41. The third kappa shape index (κ3) is 3.13. The maximum Gasteiger partial charge on any atom is 0.134 e. The highest BCUT2D eigenvalue weighted by Gasteiger charge is 2.25. The van der Waals surface area contributed by atoms with Crippen molar-refractivity contribution in [1.82, 2.24) is 15.3 Å². The number of nitrogens with one attached hydrogen (secondary N) is 1. The predicted octanol–water partition coefficient (Wildman–Crippen LogP) is 4.58.